The Hall–Kier alpha value is -1.71. The van der Waals surface area contributed by atoms with E-state index in [2.05, 4.69) is 0 Å². The number of phenols is 1. The molecule has 1 aliphatic rings. The van der Waals surface area contributed by atoms with Crippen LogP contribution in [0.2, 0.25) is 0 Å². The number of amides is 1. The minimum absolute atomic E-state index is 0.0110. The van der Waals surface area contributed by atoms with Crippen molar-refractivity contribution in [2.24, 2.45) is 0 Å². The third kappa shape index (κ3) is 4.22. The maximum Gasteiger partial charge on any atom is 0.260 e. The number of methoxy groups -OCH3 is 1. The lowest BCUT2D eigenvalue weighted by Crippen LogP contribution is -2.51. The van der Waals surface area contributed by atoms with Gasteiger partial charge in [-0.15, -0.1) is 0 Å². The Morgan fingerprint density at radius 1 is 1.29 bits per heavy atom. The van der Waals surface area contributed by atoms with Crippen molar-refractivity contribution in [2.75, 3.05) is 45.6 Å². The quantitative estimate of drug-likeness (QED) is 0.753. The molecule has 0 aliphatic carbocycles. The van der Waals surface area contributed by atoms with Gasteiger partial charge in [-0.1, -0.05) is 6.07 Å². The highest BCUT2D eigenvalue weighted by molar-refractivity contribution is 7.89. The number of nitrogens with zero attached hydrogens (tertiary/aromatic N) is 2. The van der Waals surface area contributed by atoms with E-state index >= 15 is 0 Å². The number of piperazine rings is 1. The van der Waals surface area contributed by atoms with Gasteiger partial charge in [0.2, 0.25) is 10.0 Å². The van der Waals surface area contributed by atoms with Crippen LogP contribution >= 0.6 is 0 Å². The van der Waals surface area contributed by atoms with Gasteiger partial charge in [0.15, 0.2) is 0 Å². The molecular weight excluding hydrogens is 339 g/mol. The molecule has 0 unspecified atom stereocenters. The van der Waals surface area contributed by atoms with Crippen molar-refractivity contribution in [1.29, 1.82) is 0 Å². The SMILES string of the molecule is COCCCS(=O)(=O)N1CCN(C(=O)c2c(O)cccc2F)CC1. The van der Waals surface area contributed by atoms with Crippen molar-refractivity contribution >= 4 is 15.9 Å². The molecule has 7 nitrogen and oxygen atoms in total. The summed E-state index contributed by atoms with van der Waals surface area (Å²) in [4.78, 5) is 13.7. The van der Waals surface area contributed by atoms with Crippen LogP contribution in [0, 0.1) is 5.82 Å². The minimum atomic E-state index is -3.39. The Kier molecular flexibility index (Phi) is 6.14. The van der Waals surface area contributed by atoms with Crippen LogP contribution in [0.3, 0.4) is 0 Å². The second-order valence-electron chi connectivity index (χ2n) is 5.49. The normalized spacial score (nSPS) is 16.3. The second kappa shape index (κ2) is 7.91. The number of carbonyl (C=O) groups is 1. The average molecular weight is 360 g/mol. The van der Waals surface area contributed by atoms with E-state index in [1.165, 1.54) is 28.4 Å². The first-order valence-electron chi connectivity index (χ1n) is 7.60. The van der Waals surface area contributed by atoms with Gasteiger partial charge in [-0.2, -0.15) is 4.31 Å². The van der Waals surface area contributed by atoms with Crippen LogP contribution in [0.5, 0.6) is 5.75 Å². The lowest BCUT2D eigenvalue weighted by Gasteiger charge is -2.34. The standard InChI is InChI=1S/C15H21FN2O5S/c1-23-10-3-11-24(21,22)18-8-6-17(7-9-18)15(20)14-12(16)4-2-5-13(14)19/h2,4-5,19H,3,6-11H2,1H3. The topological polar surface area (TPSA) is 87.2 Å². The highest BCUT2D eigenvalue weighted by Gasteiger charge is 2.30. The Balaban J connectivity index is 1.99. The van der Waals surface area contributed by atoms with E-state index in [9.17, 15) is 22.7 Å². The number of sulfonamides is 1. The zero-order chi connectivity index (χ0) is 17.7. The number of benzene rings is 1. The van der Waals surface area contributed by atoms with E-state index in [4.69, 9.17) is 4.74 Å². The monoisotopic (exact) mass is 360 g/mol. The van der Waals surface area contributed by atoms with Crippen molar-refractivity contribution < 1.29 is 27.4 Å². The maximum absolute atomic E-state index is 13.8. The molecule has 0 bridgehead atoms. The smallest absolute Gasteiger partial charge is 0.260 e. The lowest BCUT2D eigenvalue weighted by molar-refractivity contribution is 0.0689. The van der Waals surface area contributed by atoms with Gasteiger partial charge in [0, 0.05) is 39.9 Å². The molecule has 24 heavy (non-hydrogen) atoms. The summed E-state index contributed by atoms with van der Waals surface area (Å²) in [5.41, 5.74) is -0.381. The van der Waals surface area contributed by atoms with Gasteiger partial charge in [0.1, 0.15) is 17.1 Å². The number of halogens is 1. The van der Waals surface area contributed by atoms with Crippen molar-refractivity contribution in [3.8, 4) is 5.75 Å². The molecule has 0 saturated carbocycles. The fraction of sp³-hybridized carbons (Fsp3) is 0.533. The first-order valence-corrected chi connectivity index (χ1v) is 9.21. The molecular formula is C15H21FN2O5S. The summed E-state index contributed by atoms with van der Waals surface area (Å²) >= 11 is 0. The van der Waals surface area contributed by atoms with Gasteiger partial charge in [-0.3, -0.25) is 4.79 Å². The molecule has 1 aromatic rings. The molecule has 1 amide bonds. The summed E-state index contributed by atoms with van der Waals surface area (Å²) < 4.78 is 44.3. The molecule has 1 heterocycles. The predicted molar refractivity (Wildman–Crippen MR) is 85.8 cm³/mol. The Morgan fingerprint density at radius 2 is 1.96 bits per heavy atom. The van der Waals surface area contributed by atoms with Crippen LogP contribution in [-0.2, 0) is 14.8 Å². The van der Waals surface area contributed by atoms with Crippen molar-refractivity contribution in [2.45, 2.75) is 6.42 Å². The third-order valence-corrected chi connectivity index (χ3v) is 5.83. The summed E-state index contributed by atoms with van der Waals surface area (Å²) in [7, 11) is -1.88. The van der Waals surface area contributed by atoms with Crippen LogP contribution in [0.15, 0.2) is 18.2 Å². The molecule has 1 aliphatic heterocycles. The minimum Gasteiger partial charge on any atom is -0.507 e. The van der Waals surface area contributed by atoms with Crippen molar-refractivity contribution in [3.63, 3.8) is 0 Å². The highest BCUT2D eigenvalue weighted by Crippen LogP contribution is 2.22. The molecule has 134 valence electrons. The number of rotatable bonds is 6. The van der Waals surface area contributed by atoms with Gasteiger partial charge in [0.05, 0.1) is 5.75 Å². The van der Waals surface area contributed by atoms with Crippen LogP contribution in [0.25, 0.3) is 0 Å². The Bertz CT molecular complexity index is 667. The van der Waals surface area contributed by atoms with Gasteiger partial charge >= 0.3 is 0 Å². The molecule has 1 N–H and O–H groups in total. The number of hydrogen-bond acceptors (Lipinski definition) is 5. The number of aromatic hydroxyl groups is 1. The Morgan fingerprint density at radius 3 is 2.54 bits per heavy atom. The van der Waals surface area contributed by atoms with Gasteiger partial charge < -0.3 is 14.7 Å². The maximum atomic E-state index is 13.8. The van der Waals surface area contributed by atoms with Crippen molar-refractivity contribution in [3.05, 3.63) is 29.6 Å². The van der Waals surface area contributed by atoms with E-state index in [1.54, 1.807) is 0 Å². The van der Waals surface area contributed by atoms with E-state index in [0.717, 1.165) is 6.07 Å². The van der Waals surface area contributed by atoms with Crippen molar-refractivity contribution in [1.82, 2.24) is 9.21 Å². The molecule has 0 spiro atoms. The molecule has 0 atom stereocenters. The van der Waals surface area contributed by atoms with Gasteiger partial charge in [-0.25, -0.2) is 12.8 Å². The summed E-state index contributed by atoms with van der Waals surface area (Å²) in [5, 5.41) is 9.69. The van der Waals surface area contributed by atoms with Crippen LogP contribution in [0.4, 0.5) is 4.39 Å². The number of hydrogen-bond donors (Lipinski definition) is 1. The third-order valence-electron chi connectivity index (χ3n) is 3.88. The summed E-state index contributed by atoms with van der Waals surface area (Å²) in [6.45, 7) is 0.961. The van der Waals surface area contributed by atoms with Gasteiger partial charge in [-0.05, 0) is 18.6 Å². The average Bonchev–Trinajstić information content (AvgIpc) is 2.55. The van der Waals surface area contributed by atoms with E-state index in [0.29, 0.717) is 13.0 Å². The molecule has 1 aromatic carbocycles. The molecule has 2 rings (SSSR count). The van der Waals surface area contributed by atoms with E-state index in [1.807, 2.05) is 0 Å². The molecule has 0 aromatic heterocycles. The second-order valence-corrected chi connectivity index (χ2v) is 7.58. The predicted octanol–water partition coefficient (Wildman–Crippen LogP) is 0.655. The van der Waals surface area contributed by atoms with Crippen LogP contribution in [-0.4, -0.2) is 74.3 Å². The van der Waals surface area contributed by atoms with Gasteiger partial charge in [0.25, 0.3) is 5.91 Å². The fourth-order valence-corrected chi connectivity index (χ4v) is 4.03. The number of ether oxygens (including phenoxy) is 1. The molecule has 9 heteroatoms. The summed E-state index contributed by atoms with van der Waals surface area (Å²) in [6, 6.07) is 3.66. The lowest BCUT2D eigenvalue weighted by atomic mass is 10.1. The largest absolute Gasteiger partial charge is 0.507 e. The van der Waals surface area contributed by atoms with E-state index in [-0.39, 0.29) is 37.5 Å². The summed E-state index contributed by atoms with van der Waals surface area (Å²) in [5.74, 6) is -1.87. The summed E-state index contributed by atoms with van der Waals surface area (Å²) in [6.07, 6.45) is 0.404. The Labute approximate surface area is 140 Å². The fourth-order valence-electron chi connectivity index (χ4n) is 2.57. The highest BCUT2D eigenvalue weighted by atomic mass is 32.2. The van der Waals surface area contributed by atoms with Crippen LogP contribution in [0.1, 0.15) is 16.8 Å². The van der Waals surface area contributed by atoms with Crippen LogP contribution < -0.4 is 0 Å². The molecule has 0 radical (unpaired) electrons. The number of phenolic OH excluding ortho intramolecular Hbond substituents is 1. The molecule has 1 fully saturated rings. The first-order chi connectivity index (χ1) is 11.4. The van der Waals surface area contributed by atoms with E-state index < -0.39 is 27.5 Å². The number of carbonyl (C=O) groups excluding carboxylic acids is 1. The first kappa shape index (κ1) is 18.6. The zero-order valence-electron chi connectivity index (χ0n) is 13.4. The zero-order valence-corrected chi connectivity index (χ0v) is 14.3. The molecule has 1 saturated heterocycles.